The summed E-state index contributed by atoms with van der Waals surface area (Å²) in [6.45, 7) is 5.38. The molecule has 1 aliphatic rings. The number of halogens is 3. The highest BCUT2D eigenvalue weighted by atomic mass is 79.9. The van der Waals surface area contributed by atoms with E-state index in [0.717, 1.165) is 26.5 Å². The summed E-state index contributed by atoms with van der Waals surface area (Å²) in [5.41, 5.74) is 2.99. The van der Waals surface area contributed by atoms with Gasteiger partial charge in [0, 0.05) is 50.3 Å². The lowest BCUT2D eigenvalue weighted by Crippen LogP contribution is -2.31. The number of benzene rings is 2. The number of carbonyl (C=O) groups is 1. The van der Waals surface area contributed by atoms with Crippen LogP contribution in [0.1, 0.15) is 25.0 Å². The van der Waals surface area contributed by atoms with Crippen LogP contribution in [0.5, 0.6) is 0 Å². The van der Waals surface area contributed by atoms with E-state index in [2.05, 4.69) is 52.7 Å². The van der Waals surface area contributed by atoms with Gasteiger partial charge in [-0.2, -0.15) is 0 Å². The van der Waals surface area contributed by atoms with Gasteiger partial charge in [0.25, 0.3) is 5.91 Å². The maximum absolute atomic E-state index is 12.9. The zero-order valence-electron chi connectivity index (χ0n) is 16.9. The molecule has 1 saturated heterocycles. The van der Waals surface area contributed by atoms with Crippen LogP contribution in [0.3, 0.4) is 0 Å². The summed E-state index contributed by atoms with van der Waals surface area (Å²) >= 11 is 22.8. The first kappa shape index (κ1) is 22.9. The summed E-state index contributed by atoms with van der Waals surface area (Å²) in [6, 6.07) is 11.7. The molecular weight excluding hydrogens is 535 g/mol. The van der Waals surface area contributed by atoms with E-state index in [1.165, 1.54) is 11.8 Å². The Bertz CT molecular complexity index is 1240. The molecule has 4 rings (SSSR count). The Morgan fingerprint density at radius 3 is 2.68 bits per heavy atom. The summed E-state index contributed by atoms with van der Waals surface area (Å²) < 4.78 is 3.73. The second kappa shape index (κ2) is 9.28. The van der Waals surface area contributed by atoms with Crippen LogP contribution in [0.4, 0.5) is 0 Å². The van der Waals surface area contributed by atoms with Crippen molar-refractivity contribution in [2.75, 3.05) is 6.54 Å². The summed E-state index contributed by atoms with van der Waals surface area (Å²) in [7, 11) is 0. The van der Waals surface area contributed by atoms with Gasteiger partial charge in [0.2, 0.25) is 0 Å². The largest absolute Gasteiger partial charge is 0.342 e. The number of fused-ring (bicyclic) bond motifs is 1. The Morgan fingerprint density at radius 2 is 1.97 bits per heavy atom. The van der Waals surface area contributed by atoms with Crippen LogP contribution in [0.2, 0.25) is 10.0 Å². The second-order valence-electron chi connectivity index (χ2n) is 7.80. The molecule has 0 atom stereocenters. The number of carbonyl (C=O) groups excluding carboxylic acids is 1. The van der Waals surface area contributed by atoms with Crippen molar-refractivity contribution in [2.45, 2.75) is 20.4 Å². The van der Waals surface area contributed by atoms with Gasteiger partial charge < -0.3 is 4.57 Å². The van der Waals surface area contributed by atoms with Crippen molar-refractivity contribution in [1.29, 1.82) is 0 Å². The van der Waals surface area contributed by atoms with Crippen LogP contribution in [-0.4, -0.2) is 26.2 Å². The SMILES string of the molecule is CC(C)CN1C(=O)/C(=C/c2cn(Cc3ccc(Cl)cc3Cl)c3ccc(Br)cc23)SC1=S. The predicted molar refractivity (Wildman–Crippen MR) is 140 cm³/mol. The van der Waals surface area contributed by atoms with E-state index in [-0.39, 0.29) is 5.91 Å². The second-order valence-corrected chi connectivity index (χ2v) is 11.2. The van der Waals surface area contributed by atoms with Crippen LogP contribution in [0.25, 0.3) is 17.0 Å². The summed E-state index contributed by atoms with van der Waals surface area (Å²) in [5.74, 6) is 0.323. The standard InChI is InChI=1S/C23H19BrCl2N2OS2/c1-13(2)10-28-22(29)21(31-23(28)30)7-15-12-27(20-6-4-16(24)8-18(15)20)11-14-3-5-17(25)9-19(14)26/h3-9,12-13H,10-11H2,1-2H3/b21-7-. The van der Waals surface area contributed by atoms with Gasteiger partial charge >= 0.3 is 0 Å². The van der Waals surface area contributed by atoms with Crippen molar-refractivity contribution in [2.24, 2.45) is 5.92 Å². The molecule has 1 aliphatic heterocycles. The minimum Gasteiger partial charge on any atom is -0.342 e. The normalized spacial score (nSPS) is 15.8. The zero-order valence-corrected chi connectivity index (χ0v) is 21.6. The number of hydrogen-bond donors (Lipinski definition) is 0. The van der Waals surface area contributed by atoms with Crippen molar-refractivity contribution >= 4 is 90.3 Å². The van der Waals surface area contributed by atoms with E-state index in [0.29, 0.717) is 38.3 Å². The monoisotopic (exact) mass is 552 g/mol. The molecule has 2 aromatic carbocycles. The van der Waals surface area contributed by atoms with Crippen molar-refractivity contribution in [1.82, 2.24) is 9.47 Å². The molecule has 31 heavy (non-hydrogen) atoms. The topological polar surface area (TPSA) is 25.2 Å². The molecule has 0 radical (unpaired) electrons. The third-order valence-electron chi connectivity index (χ3n) is 4.94. The molecular formula is C23H19BrCl2N2OS2. The van der Waals surface area contributed by atoms with E-state index in [9.17, 15) is 4.79 Å². The van der Waals surface area contributed by atoms with E-state index in [1.807, 2.05) is 24.3 Å². The third-order valence-corrected chi connectivity index (χ3v) is 7.40. The molecule has 8 heteroatoms. The molecule has 0 spiro atoms. The number of thiocarbonyl (C=S) groups is 1. The molecule has 3 aromatic rings. The Balaban J connectivity index is 1.75. The zero-order chi connectivity index (χ0) is 22.3. The predicted octanol–water partition coefficient (Wildman–Crippen LogP) is 7.62. The van der Waals surface area contributed by atoms with E-state index in [4.69, 9.17) is 35.4 Å². The summed E-state index contributed by atoms with van der Waals surface area (Å²) in [6.07, 6.45) is 3.99. The average molecular weight is 554 g/mol. The van der Waals surface area contributed by atoms with Crippen molar-refractivity contribution in [3.05, 3.63) is 73.1 Å². The molecule has 1 amide bonds. The van der Waals surface area contributed by atoms with Gasteiger partial charge in [0.1, 0.15) is 4.32 Å². The minimum absolute atomic E-state index is 0.0275. The van der Waals surface area contributed by atoms with E-state index >= 15 is 0 Å². The first-order chi connectivity index (χ1) is 14.7. The highest BCUT2D eigenvalue weighted by molar-refractivity contribution is 9.10. The molecule has 160 valence electrons. The minimum atomic E-state index is -0.0275. The number of rotatable bonds is 5. The molecule has 0 bridgehead atoms. The fraction of sp³-hybridized carbons (Fsp3) is 0.217. The maximum Gasteiger partial charge on any atom is 0.266 e. The molecule has 1 fully saturated rings. The van der Waals surface area contributed by atoms with Gasteiger partial charge in [-0.3, -0.25) is 9.69 Å². The van der Waals surface area contributed by atoms with Gasteiger partial charge in [0.15, 0.2) is 0 Å². The number of aromatic nitrogens is 1. The van der Waals surface area contributed by atoms with Gasteiger partial charge in [-0.25, -0.2) is 0 Å². The van der Waals surface area contributed by atoms with Gasteiger partial charge in [-0.15, -0.1) is 0 Å². The van der Waals surface area contributed by atoms with Crippen LogP contribution < -0.4 is 0 Å². The Hall–Kier alpha value is -1.31. The highest BCUT2D eigenvalue weighted by Crippen LogP contribution is 2.36. The van der Waals surface area contributed by atoms with Crippen LogP contribution in [0.15, 0.2) is 52.0 Å². The van der Waals surface area contributed by atoms with Crippen molar-refractivity contribution < 1.29 is 4.79 Å². The quantitative estimate of drug-likeness (QED) is 0.240. The Morgan fingerprint density at radius 1 is 1.19 bits per heavy atom. The summed E-state index contributed by atoms with van der Waals surface area (Å²) in [4.78, 5) is 15.3. The fourth-order valence-electron chi connectivity index (χ4n) is 3.54. The number of thioether (sulfide) groups is 1. The molecule has 1 aromatic heterocycles. The lowest BCUT2D eigenvalue weighted by atomic mass is 10.1. The Labute approximate surface area is 209 Å². The van der Waals surface area contributed by atoms with Crippen molar-refractivity contribution in [3.63, 3.8) is 0 Å². The Kier molecular flexibility index (Phi) is 6.85. The summed E-state index contributed by atoms with van der Waals surface area (Å²) in [5, 5.41) is 2.29. The highest BCUT2D eigenvalue weighted by Gasteiger charge is 2.32. The molecule has 3 nitrogen and oxygen atoms in total. The van der Waals surface area contributed by atoms with Gasteiger partial charge in [0.05, 0.1) is 4.91 Å². The number of hydrogen-bond acceptors (Lipinski definition) is 3. The molecule has 0 N–H and O–H groups in total. The maximum atomic E-state index is 12.9. The van der Waals surface area contributed by atoms with E-state index in [1.54, 1.807) is 11.0 Å². The number of amides is 1. The number of nitrogens with zero attached hydrogens (tertiary/aromatic N) is 2. The van der Waals surface area contributed by atoms with Crippen LogP contribution in [-0.2, 0) is 11.3 Å². The molecule has 0 saturated carbocycles. The van der Waals surface area contributed by atoms with Crippen LogP contribution in [0, 0.1) is 5.92 Å². The van der Waals surface area contributed by atoms with Gasteiger partial charge in [-0.1, -0.05) is 83.0 Å². The molecule has 2 heterocycles. The lowest BCUT2D eigenvalue weighted by molar-refractivity contribution is -0.122. The third kappa shape index (κ3) is 4.88. The molecule has 0 unspecified atom stereocenters. The van der Waals surface area contributed by atoms with Gasteiger partial charge in [-0.05, 0) is 47.9 Å². The van der Waals surface area contributed by atoms with E-state index < -0.39 is 0 Å². The first-order valence-corrected chi connectivity index (χ1v) is 12.5. The first-order valence-electron chi connectivity index (χ1n) is 9.70. The fourth-order valence-corrected chi connectivity index (χ4v) is 5.64. The smallest absolute Gasteiger partial charge is 0.266 e. The molecule has 0 aliphatic carbocycles. The lowest BCUT2D eigenvalue weighted by Gasteiger charge is -2.16. The average Bonchev–Trinajstić information content (AvgIpc) is 3.15. The van der Waals surface area contributed by atoms with Crippen LogP contribution >= 0.6 is 63.1 Å². The van der Waals surface area contributed by atoms with Crippen molar-refractivity contribution in [3.8, 4) is 0 Å².